The van der Waals surface area contributed by atoms with E-state index in [4.69, 9.17) is 17.0 Å². The van der Waals surface area contributed by atoms with Crippen LogP contribution in [0, 0.1) is 0 Å². The van der Waals surface area contributed by atoms with Crippen molar-refractivity contribution in [3.63, 3.8) is 0 Å². The van der Waals surface area contributed by atoms with Crippen LogP contribution in [0.5, 0.6) is 0 Å². The number of aldehydes is 1. The number of nitrogens with zero attached hydrogens (tertiary/aromatic N) is 1. The van der Waals surface area contributed by atoms with Crippen LogP contribution in [0.1, 0.15) is 0 Å². The number of carbonyl (C=O) groups excluding carboxylic acids is 1. The van der Waals surface area contributed by atoms with Gasteiger partial charge in [-0.25, -0.2) is 0 Å². The molecule has 0 heterocycles. The predicted molar refractivity (Wildman–Crippen MR) is 36.3 cm³/mol. The topological polar surface area (TPSA) is 20.3 Å². The van der Waals surface area contributed by atoms with Gasteiger partial charge in [0.05, 0.1) is 6.54 Å². The molecule has 0 atom stereocenters. The van der Waals surface area contributed by atoms with Gasteiger partial charge in [0.1, 0.15) is 6.29 Å². The first-order valence-electron chi connectivity index (χ1n) is 2.23. The van der Waals surface area contributed by atoms with Gasteiger partial charge in [-0.2, -0.15) is 0 Å². The number of rotatable bonds is 2. The zero-order valence-electron chi connectivity index (χ0n) is 5.40. The van der Waals surface area contributed by atoms with E-state index in [0.29, 0.717) is 6.54 Å². The van der Waals surface area contributed by atoms with Gasteiger partial charge in [-0.15, -0.1) is 0 Å². The van der Waals surface area contributed by atoms with E-state index in [1.54, 1.807) is 0 Å². The number of hydrogen-bond acceptors (Lipinski definition) is 2. The Morgan fingerprint density at radius 2 is 1.89 bits per heavy atom. The fraction of sp³-hybridized carbons (Fsp3) is 0.750. The Kier molecular flexibility index (Phi) is 16.8. The maximum absolute atomic E-state index is 9.57. The second-order valence-corrected chi connectivity index (χ2v) is 5.23. The summed E-state index contributed by atoms with van der Waals surface area (Å²) < 4.78 is 0. The zero-order valence-corrected chi connectivity index (χ0v) is 9.37. The number of likely N-dealkylation sites (N-methyl/N-ethyl adjacent to an activating group) is 1. The molecule has 0 fully saturated rings. The van der Waals surface area contributed by atoms with Gasteiger partial charge in [0.2, 0.25) is 0 Å². The third-order valence-corrected chi connectivity index (χ3v) is 0.440. The van der Waals surface area contributed by atoms with Crippen LogP contribution >= 0.6 is 17.0 Å². The predicted octanol–water partition coefficient (Wildman–Crippen LogP) is 1.12. The van der Waals surface area contributed by atoms with E-state index in [9.17, 15) is 4.79 Å². The van der Waals surface area contributed by atoms with Crippen LogP contribution in [0.15, 0.2) is 0 Å². The SMILES string of the molecule is CN(C)CC=O.[Cl][Zr][Cl]. The molecule has 0 unspecified atom stereocenters. The normalized spacial score (nSPS) is 7.67. The van der Waals surface area contributed by atoms with Gasteiger partial charge >= 0.3 is 37.9 Å². The molecule has 0 saturated carbocycles. The third kappa shape index (κ3) is 27.3. The summed E-state index contributed by atoms with van der Waals surface area (Å²) in [6, 6.07) is 0. The van der Waals surface area contributed by atoms with Crippen molar-refractivity contribution in [2.24, 2.45) is 0 Å². The summed E-state index contributed by atoms with van der Waals surface area (Å²) in [6.45, 7) is 0.528. The average Bonchev–Trinajstić information content (AvgIpc) is 1.67. The molecule has 0 aromatic heterocycles. The molecule has 0 aromatic rings. The molecule has 5 heteroatoms. The summed E-state index contributed by atoms with van der Waals surface area (Å²) in [5, 5.41) is 0. The van der Waals surface area contributed by atoms with Gasteiger partial charge in [-0.05, 0) is 14.1 Å². The summed E-state index contributed by atoms with van der Waals surface area (Å²) in [5.41, 5.74) is 0. The van der Waals surface area contributed by atoms with E-state index >= 15 is 0 Å². The molecule has 54 valence electrons. The minimum atomic E-state index is -0.826. The summed E-state index contributed by atoms with van der Waals surface area (Å²) >= 11 is -0.826. The van der Waals surface area contributed by atoms with Crippen LogP contribution in [0.2, 0.25) is 0 Å². The van der Waals surface area contributed by atoms with Gasteiger partial charge in [-0.3, -0.25) is 0 Å². The van der Waals surface area contributed by atoms with Crippen LogP contribution < -0.4 is 0 Å². The molecule has 0 rings (SSSR count). The maximum atomic E-state index is 9.57. The van der Waals surface area contributed by atoms with Crippen LogP contribution in [-0.4, -0.2) is 31.8 Å². The Labute approximate surface area is 74.2 Å². The van der Waals surface area contributed by atoms with E-state index in [1.165, 1.54) is 0 Å². The molecule has 0 aliphatic heterocycles. The summed E-state index contributed by atoms with van der Waals surface area (Å²) in [6.07, 6.45) is 0.875. The quantitative estimate of drug-likeness (QED) is 0.684. The fourth-order valence-electron chi connectivity index (χ4n) is 0.149. The Bertz CT molecular complexity index is 62.5. The van der Waals surface area contributed by atoms with Crippen LogP contribution in [0.4, 0.5) is 0 Å². The molecular weight excluding hydrogens is 240 g/mol. The van der Waals surface area contributed by atoms with Crippen molar-refractivity contribution in [3.05, 3.63) is 0 Å². The molecule has 2 nitrogen and oxygen atoms in total. The Hall–Kier alpha value is 1.09. The molecule has 9 heavy (non-hydrogen) atoms. The van der Waals surface area contributed by atoms with Gasteiger partial charge in [-0.1, -0.05) is 0 Å². The first kappa shape index (κ1) is 12.7. The van der Waals surface area contributed by atoms with E-state index in [1.807, 2.05) is 19.0 Å². The van der Waals surface area contributed by atoms with Crippen molar-refractivity contribution in [1.82, 2.24) is 4.90 Å². The molecule has 0 saturated heterocycles. The molecular formula is C4H9Cl2NOZr. The van der Waals surface area contributed by atoms with Crippen LogP contribution in [0.3, 0.4) is 0 Å². The number of carbonyl (C=O) groups is 1. The van der Waals surface area contributed by atoms with E-state index in [2.05, 4.69) is 0 Å². The molecule has 0 aromatic carbocycles. The monoisotopic (exact) mass is 247 g/mol. The van der Waals surface area contributed by atoms with Gasteiger partial charge < -0.3 is 9.69 Å². The summed E-state index contributed by atoms with van der Waals surface area (Å²) in [4.78, 5) is 11.4. The second kappa shape index (κ2) is 11.8. The number of halogens is 2. The van der Waals surface area contributed by atoms with E-state index in [0.717, 1.165) is 6.29 Å². The van der Waals surface area contributed by atoms with Crippen LogP contribution in [0.25, 0.3) is 0 Å². The van der Waals surface area contributed by atoms with E-state index in [-0.39, 0.29) is 0 Å². The minimum absolute atomic E-state index is 0.528. The molecule has 0 aliphatic rings. The molecule has 0 spiro atoms. The van der Waals surface area contributed by atoms with Crippen molar-refractivity contribution in [2.45, 2.75) is 0 Å². The van der Waals surface area contributed by atoms with Crippen molar-refractivity contribution < 1.29 is 25.6 Å². The van der Waals surface area contributed by atoms with Crippen molar-refractivity contribution in [1.29, 1.82) is 0 Å². The molecule has 0 amide bonds. The van der Waals surface area contributed by atoms with Crippen molar-refractivity contribution >= 4 is 23.3 Å². The van der Waals surface area contributed by atoms with Gasteiger partial charge in [0.15, 0.2) is 0 Å². The first-order chi connectivity index (χ1) is 4.18. The second-order valence-electron chi connectivity index (χ2n) is 1.50. The zero-order chi connectivity index (χ0) is 7.70. The Morgan fingerprint density at radius 1 is 1.56 bits per heavy atom. The van der Waals surface area contributed by atoms with Gasteiger partial charge in [0, 0.05) is 0 Å². The fourth-order valence-corrected chi connectivity index (χ4v) is 0.149. The standard InChI is InChI=1S/C4H9NO.2ClH.Zr/c1-5(2)3-4-6;;;/h4H,3H2,1-2H3;2*1H;/q;;;+2/p-2. The van der Waals surface area contributed by atoms with Crippen molar-refractivity contribution in [3.8, 4) is 0 Å². The Morgan fingerprint density at radius 3 is 1.89 bits per heavy atom. The number of hydrogen-bond donors (Lipinski definition) is 0. The molecule has 0 aliphatic carbocycles. The average molecular weight is 249 g/mol. The first-order valence-corrected chi connectivity index (χ1v) is 8.56. The van der Waals surface area contributed by atoms with E-state index < -0.39 is 20.8 Å². The summed E-state index contributed by atoms with van der Waals surface area (Å²) in [5.74, 6) is 0. The van der Waals surface area contributed by atoms with Crippen molar-refractivity contribution in [2.75, 3.05) is 20.6 Å². The molecule has 0 bridgehead atoms. The molecule has 0 radical (unpaired) electrons. The third-order valence-electron chi connectivity index (χ3n) is 0.440. The Balaban J connectivity index is 0. The molecule has 0 N–H and O–H groups in total. The van der Waals surface area contributed by atoms with Gasteiger partial charge in [0.25, 0.3) is 0 Å². The summed E-state index contributed by atoms with van der Waals surface area (Å²) in [7, 11) is 13.6. The van der Waals surface area contributed by atoms with Crippen LogP contribution in [-0.2, 0) is 25.6 Å².